The fourth-order valence-electron chi connectivity index (χ4n) is 6.67. The minimum Gasteiger partial charge on any atom is -0.465 e. The summed E-state index contributed by atoms with van der Waals surface area (Å²) in [6.07, 6.45) is -1.39. The third kappa shape index (κ3) is 9.56. The average molecular weight is 678 g/mol. The zero-order valence-electron chi connectivity index (χ0n) is 29.2. The molecule has 10 nitrogen and oxygen atoms in total. The number of rotatable bonds is 13. The highest BCUT2D eigenvalue weighted by Gasteiger charge is 2.44. The van der Waals surface area contributed by atoms with Crippen molar-refractivity contribution in [2.24, 2.45) is 5.41 Å². The number of hydrogen-bond donors (Lipinski definition) is 3. The van der Waals surface area contributed by atoms with Crippen LogP contribution < -0.4 is 5.32 Å². The molecule has 3 aromatic rings. The van der Waals surface area contributed by atoms with Crippen molar-refractivity contribution in [2.45, 2.75) is 104 Å². The monoisotopic (exact) mass is 677 g/mol. The summed E-state index contributed by atoms with van der Waals surface area (Å²) in [5.41, 5.74) is 1.32. The Morgan fingerprint density at radius 1 is 0.958 bits per heavy atom. The van der Waals surface area contributed by atoms with E-state index in [1.807, 2.05) is 115 Å². The molecule has 4 rings (SSSR count). The van der Waals surface area contributed by atoms with E-state index in [9.17, 15) is 24.6 Å². The first kappa shape index (κ1) is 36.9. The van der Waals surface area contributed by atoms with Crippen molar-refractivity contribution in [3.8, 4) is 0 Å². The van der Waals surface area contributed by atoms with Gasteiger partial charge in [0.1, 0.15) is 6.04 Å². The number of nitrogens with zero attached hydrogens (tertiary/aromatic N) is 4. The van der Waals surface area contributed by atoms with Gasteiger partial charge >= 0.3 is 12.1 Å². The molecule has 1 aromatic heterocycles. The first-order valence-corrected chi connectivity index (χ1v) is 17.5. The van der Waals surface area contributed by atoms with Crippen LogP contribution in [0.15, 0.2) is 66.0 Å². The quantitative estimate of drug-likeness (QED) is 0.205. The van der Waals surface area contributed by atoms with Crippen molar-refractivity contribution >= 4 is 29.4 Å². The molecular weight excluding hydrogens is 627 g/mol. The molecular formula is C37H51N5O5S. The lowest BCUT2D eigenvalue weighted by molar-refractivity contribution is -0.129. The number of nitrogens with one attached hydrogen (secondary N) is 1. The summed E-state index contributed by atoms with van der Waals surface area (Å²) in [7, 11) is 0. The summed E-state index contributed by atoms with van der Waals surface area (Å²) in [5.74, 6) is -0.305. The molecule has 48 heavy (non-hydrogen) atoms. The van der Waals surface area contributed by atoms with Crippen LogP contribution in [-0.2, 0) is 24.2 Å². The lowest BCUT2D eigenvalue weighted by Gasteiger charge is -2.43. The second kappa shape index (κ2) is 15.5. The molecule has 0 aliphatic carbocycles. The summed E-state index contributed by atoms with van der Waals surface area (Å²) < 4.78 is 0. The van der Waals surface area contributed by atoms with Crippen molar-refractivity contribution < 1.29 is 24.6 Å². The van der Waals surface area contributed by atoms with Gasteiger partial charge in [-0.05, 0) is 63.5 Å². The van der Waals surface area contributed by atoms with E-state index < -0.39 is 41.3 Å². The van der Waals surface area contributed by atoms with E-state index in [0.717, 1.165) is 21.8 Å². The summed E-state index contributed by atoms with van der Waals surface area (Å²) >= 11 is 1.54. The molecule has 0 bridgehead atoms. The molecule has 0 spiro atoms. The number of carbonyl (C=O) groups is 3. The molecule has 1 aliphatic rings. The van der Waals surface area contributed by atoms with E-state index >= 15 is 0 Å². The van der Waals surface area contributed by atoms with E-state index in [4.69, 9.17) is 0 Å². The van der Waals surface area contributed by atoms with Gasteiger partial charge in [-0.25, -0.2) is 14.6 Å². The number of aromatic nitrogens is 1. The van der Waals surface area contributed by atoms with Gasteiger partial charge in [0.15, 0.2) is 0 Å². The van der Waals surface area contributed by atoms with Crippen LogP contribution in [0.25, 0.3) is 0 Å². The number of hydrogen-bond acceptors (Lipinski definition) is 6. The number of carboxylic acid groups (broad SMARTS) is 1. The number of aryl methyl sites for hydroxylation is 1. The minimum absolute atomic E-state index is 0.109. The Morgan fingerprint density at radius 2 is 1.54 bits per heavy atom. The van der Waals surface area contributed by atoms with Crippen LogP contribution in [0.5, 0.6) is 0 Å². The van der Waals surface area contributed by atoms with Crippen LogP contribution in [0.2, 0.25) is 0 Å². The number of urea groups is 1. The number of amides is 4. The van der Waals surface area contributed by atoms with E-state index in [1.165, 1.54) is 4.90 Å². The Morgan fingerprint density at radius 3 is 2.04 bits per heavy atom. The molecule has 1 aliphatic heterocycles. The Bertz CT molecular complexity index is 1520. The molecule has 3 N–H and O–H groups in total. The third-order valence-electron chi connectivity index (χ3n) is 8.72. The highest BCUT2D eigenvalue weighted by atomic mass is 32.1. The maximum Gasteiger partial charge on any atom is 0.408 e. The highest BCUT2D eigenvalue weighted by Crippen LogP contribution is 2.30. The molecule has 2 aromatic carbocycles. The number of aliphatic hydroxyl groups is 1. The van der Waals surface area contributed by atoms with Gasteiger partial charge in [0.25, 0.3) is 0 Å². The topological polar surface area (TPSA) is 126 Å². The average Bonchev–Trinajstić information content (AvgIpc) is 3.56. The van der Waals surface area contributed by atoms with Gasteiger partial charge in [-0.1, -0.05) is 81.4 Å². The molecule has 2 heterocycles. The fourth-order valence-corrected chi connectivity index (χ4v) is 7.27. The van der Waals surface area contributed by atoms with Crippen LogP contribution in [0.1, 0.15) is 69.8 Å². The van der Waals surface area contributed by atoms with Crippen molar-refractivity contribution in [1.29, 1.82) is 0 Å². The van der Waals surface area contributed by atoms with Crippen molar-refractivity contribution in [3.63, 3.8) is 0 Å². The second-order valence-corrected chi connectivity index (χ2v) is 15.9. The molecule has 4 atom stereocenters. The van der Waals surface area contributed by atoms with Crippen LogP contribution in [0.3, 0.4) is 0 Å². The Hall–Kier alpha value is -3.96. The predicted molar refractivity (Wildman–Crippen MR) is 189 cm³/mol. The summed E-state index contributed by atoms with van der Waals surface area (Å²) in [6, 6.07) is 16.9. The van der Waals surface area contributed by atoms with E-state index in [-0.39, 0.29) is 18.4 Å². The van der Waals surface area contributed by atoms with E-state index in [2.05, 4.69) is 10.3 Å². The number of thiazole rings is 1. The summed E-state index contributed by atoms with van der Waals surface area (Å²) in [6.45, 7) is 14.5. The minimum atomic E-state index is -1.12. The van der Waals surface area contributed by atoms with Crippen molar-refractivity contribution in [1.82, 2.24) is 25.0 Å². The zero-order chi connectivity index (χ0) is 35.2. The first-order chi connectivity index (χ1) is 22.5. The van der Waals surface area contributed by atoms with Gasteiger partial charge in [0, 0.05) is 30.1 Å². The van der Waals surface area contributed by atoms with Crippen molar-refractivity contribution in [3.05, 3.63) is 87.9 Å². The van der Waals surface area contributed by atoms with E-state index in [1.54, 1.807) is 21.1 Å². The first-order valence-electron chi connectivity index (χ1n) is 16.6. The maximum atomic E-state index is 14.3. The smallest absolute Gasteiger partial charge is 0.408 e. The number of benzene rings is 2. The highest BCUT2D eigenvalue weighted by molar-refractivity contribution is 7.09. The standard InChI is InChI=1S/C37H51N5O5S/c1-25-38-29(24-48-25)23-40-18-19-41(34(40)45)32(36(2,3)4)33(44)39-28(20-26-14-10-8-11-15-26)22-31(43)30(21-27-16-12-9-13-17-27)42(35(46)47)37(5,6)7/h8-17,24,28,30-32,43H,18-23H2,1-7H3,(H,39,44)(H,46,47)/t28-,30-,31-,32+/m0/s1. The largest absolute Gasteiger partial charge is 0.465 e. The molecule has 1 saturated heterocycles. The second-order valence-electron chi connectivity index (χ2n) is 14.8. The van der Waals surface area contributed by atoms with Gasteiger partial charge in [-0.3, -0.25) is 9.69 Å². The predicted octanol–water partition coefficient (Wildman–Crippen LogP) is 5.97. The van der Waals surface area contributed by atoms with Crippen LogP contribution in [0.4, 0.5) is 9.59 Å². The molecule has 0 radical (unpaired) electrons. The molecule has 0 unspecified atom stereocenters. The van der Waals surface area contributed by atoms with E-state index in [0.29, 0.717) is 32.5 Å². The summed E-state index contributed by atoms with van der Waals surface area (Å²) in [5, 5.41) is 28.4. The molecule has 0 saturated carbocycles. The maximum absolute atomic E-state index is 14.3. The fraction of sp³-hybridized carbons (Fsp3) is 0.514. The lowest BCUT2D eigenvalue weighted by atomic mass is 9.84. The van der Waals surface area contributed by atoms with Gasteiger partial charge in [0.2, 0.25) is 5.91 Å². The van der Waals surface area contributed by atoms with Gasteiger partial charge < -0.3 is 25.3 Å². The number of aliphatic hydroxyl groups excluding tert-OH is 1. The normalized spacial score (nSPS) is 16.4. The van der Waals surface area contributed by atoms with Gasteiger partial charge in [-0.15, -0.1) is 11.3 Å². The Labute approximate surface area is 288 Å². The third-order valence-corrected chi connectivity index (χ3v) is 9.54. The Balaban J connectivity index is 1.61. The molecule has 4 amide bonds. The molecule has 11 heteroatoms. The molecule has 1 fully saturated rings. The van der Waals surface area contributed by atoms with Crippen LogP contribution in [-0.4, -0.2) is 90.8 Å². The van der Waals surface area contributed by atoms with Crippen LogP contribution >= 0.6 is 11.3 Å². The lowest BCUT2D eigenvalue weighted by Crippen LogP contribution is -2.59. The summed E-state index contributed by atoms with van der Waals surface area (Å²) in [4.78, 5) is 49.9. The van der Waals surface area contributed by atoms with Crippen molar-refractivity contribution in [2.75, 3.05) is 13.1 Å². The zero-order valence-corrected chi connectivity index (χ0v) is 30.0. The van der Waals surface area contributed by atoms with Gasteiger partial charge in [0.05, 0.1) is 29.4 Å². The Kier molecular flexibility index (Phi) is 11.9. The van der Waals surface area contributed by atoms with Gasteiger partial charge in [-0.2, -0.15) is 0 Å². The molecule has 260 valence electrons. The van der Waals surface area contributed by atoms with Crippen LogP contribution in [0, 0.1) is 12.3 Å². The number of carbonyl (C=O) groups excluding carboxylic acids is 2. The SMILES string of the molecule is Cc1nc(CN2CCN([C@H](C(=O)N[C@@H](Cc3ccccc3)C[C@H](O)[C@H](Cc3ccccc3)N(C(=O)O)C(C)(C)C)C(C)(C)C)C2=O)cs1.